The van der Waals surface area contributed by atoms with E-state index in [1.807, 2.05) is 6.92 Å². The molecule has 1 N–H and O–H groups in total. The zero-order chi connectivity index (χ0) is 14.5. The molecule has 0 aromatic heterocycles. The lowest BCUT2D eigenvalue weighted by Crippen LogP contribution is -2.57. The predicted octanol–water partition coefficient (Wildman–Crippen LogP) is 2.33. The van der Waals surface area contributed by atoms with E-state index in [2.05, 4.69) is 12.2 Å². The highest BCUT2D eigenvalue weighted by Gasteiger charge is 2.34. The number of rotatable bonds is 4. The first-order chi connectivity index (χ1) is 9.63. The lowest BCUT2D eigenvalue weighted by molar-refractivity contribution is -0.146. The van der Waals surface area contributed by atoms with Crippen LogP contribution >= 0.6 is 0 Å². The average Bonchev–Trinajstić information content (AvgIpc) is 2.48. The van der Waals surface area contributed by atoms with Crippen LogP contribution in [0.2, 0.25) is 0 Å². The van der Waals surface area contributed by atoms with Crippen molar-refractivity contribution in [2.45, 2.75) is 64.8 Å². The second kappa shape index (κ2) is 7.09. The van der Waals surface area contributed by atoms with Gasteiger partial charge >= 0.3 is 0 Å². The average molecular weight is 280 g/mol. The maximum Gasteiger partial charge on any atom is 0.242 e. The quantitative estimate of drug-likeness (QED) is 0.859. The Kier molecular flexibility index (Phi) is 5.44. The fraction of sp³-hybridized carbons (Fsp3) is 0.875. The van der Waals surface area contributed by atoms with Gasteiger partial charge in [-0.25, -0.2) is 0 Å². The van der Waals surface area contributed by atoms with Crippen molar-refractivity contribution in [3.05, 3.63) is 0 Å². The van der Waals surface area contributed by atoms with Crippen molar-refractivity contribution >= 4 is 11.8 Å². The van der Waals surface area contributed by atoms with Gasteiger partial charge in [-0.3, -0.25) is 9.59 Å². The Bertz CT molecular complexity index is 348. The van der Waals surface area contributed by atoms with E-state index in [9.17, 15) is 9.59 Å². The van der Waals surface area contributed by atoms with E-state index >= 15 is 0 Å². The molecule has 0 spiro atoms. The maximum atomic E-state index is 12.6. The first-order valence-corrected chi connectivity index (χ1v) is 8.21. The fourth-order valence-electron chi connectivity index (χ4n) is 3.51. The smallest absolute Gasteiger partial charge is 0.242 e. The lowest BCUT2D eigenvalue weighted by Gasteiger charge is -2.37. The van der Waals surface area contributed by atoms with Crippen LogP contribution in [0.15, 0.2) is 0 Å². The molecule has 0 aromatic carbocycles. The Morgan fingerprint density at radius 2 is 2.00 bits per heavy atom. The van der Waals surface area contributed by atoms with Crippen molar-refractivity contribution in [3.63, 3.8) is 0 Å². The molecule has 1 atom stereocenters. The van der Waals surface area contributed by atoms with Gasteiger partial charge in [0.05, 0.1) is 0 Å². The SMILES string of the molecule is CCCCC1CCC(C(=O)N2CCNC(=O)C2C)CC1. The zero-order valence-electron chi connectivity index (χ0n) is 12.9. The fourth-order valence-corrected chi connectivity index (χ4v) is 3.51. The molecule has 0 radical (unpaired) electrons. The molecule has 1 saturated carbocycles. The van der Waals surface area contributed by atoms with Crippen molar-refractivity contribution in [1.82, 2.24) is 10.2 Å². The standard InChI is InChI=1S/C16H28N2O2/c1-3-4-5-13-6-8-14(9-7-13)16(20)18-11-10-17-15(19)12(18)2/h12-14H,3-11H2,1-2H3,(H,17,19). The molecule has 2 rings (SSSR count). The maximum absolute atomic E-state index is 12.6. The van der Waals surface area contributed by atoms with Crippen molar-refractivity contribution in [2.24, 2.45) is 11.8 Å². The van der Waals surface area contributed by atoms with Gasteiger partial charge in [0.25, 0.3) is 0 Å². The molecule has 2 fully saturated rings. The number of nitrogens with one attached hydrogen (secondary N) is 1. The van der Waals surface area contributed by atoms with Gasteiger partial charge < -0.3 is 10.2 Å². The molecule has 0 aromatic rings. The van der Waals surface area contributed by atoms with Crippen molar-refractivity contribution < 1.29 is 9.59 Å². The molecule has 2 amide bonds. The van der Waals surface area contributed by atoms with Crippen LogP contribution in [0.1, 0.15) is 58.8 Å². The van der Waals surface area contributed by atoms with E-state index in [1.54, 1.807) is 4.90 Å². The van der Waals surface area contributed by atoms with Crippen LogP contribution in [-0.2, 0) is 9.59 Å². The number of hydrogen-bond acceptors (Lipinski definition) is 2. The summed E-state index contributed by atoms with van der Waals surface area (Å²) >= 11 is 0. The number of carbonyl (C=O) groups is 2. The largest absolute Gasteiger partial charge is 0.353 e. The van der Waals surface area contributed by atoms with Gasteiger partial charge in [-0.15, -0.1) is 0 Å². The topological polar surface area (TPSA) is 49.4 Å². The number of amides is 2. The summed E-state index contributed by atoms with van der Waals surface area (Å²) in [5, 5.41) is 2.82. The van der Waals surface area contributed by atoms with Crippen LogP contribution in [-0.4, -0.2) is 35.8 Å². The summed E-state index contributed by atoms with van der Waals surface area (Å²) in [5.74, 6) is 1.17. The van der Waals surface area contributed by atoms with Gasteiger partial charge in [-0.2, -0.15) is 0 Å². The highest BCUT2D eigenvalue weighted by Crippen LogP contribution is 2.33. The molecule has 0 bridgehead atoms. The van der Waals surface area contributed by atoms with E-state index in [0.29, 0.717) is 13.1 Å². The van der Waals surface area contributed by atoms with Gasteiger partial charge in [0.1, 0.15) is 6.04 Å². The first-order valence-electron chi connectivity index (χ1n) is 8.21. The summed E-state index contributed by atoms with van der Waals surface area (Å²) in [7, 11) is 0. The first kappa shape index (κ1) is 15.3. The summed E-state index contributed by atoms with van der Waals surface area (Å²) in [4.78, 5) is 26.0. The molecular weight excluding hydrogens is 252 g/mol. The van der Waals surface area contributed by atoms with Crippen molar-refractivity contribution in [3.8, 4) is 0 Å². The Morgan fingerprint density at radius 1 is 1.30 bits per heavy atom. The lowest BCUT2D eigenvalue weighted by atomic mass is 9.79. The third kappa shape index (κ3) is 3.53. The van der Waals surface area contributed by atoms with Crippen LogP contribution in [0.25, 0.3) is 0 Å². The molecule has 4 heteroatoms. The van der Waals surface area contributed by atoms with Crippen molar-refractivity contribution in [1.29, 1.82) is 0 Å². The molecule has 2 aliphatic rings. The summed E-state index contributed by atoms with van der Waals surface area (Å²) in [6.45, 7) is 5.33. The Labute approximate surface area is 122 Å². The van der Waals surface area contributed by atoms with Crippen LogP contribution < -0.4 is 5.32 Å². The molecule has 1 aliphatic heterocycles. The molecular formula is C16H28N2O2. The summed E-state index contributed by atoms with van der Waals surface area (Å²) < 4.78 is 0. The minimum Gasteiger partial charge on any atom is -0.353 e. The normalized spacial score (nSPS) is 31.0. The molecule has 114 valence electrons. The number of piperazine rings is 1. The molecule has 4 nitrogen and oxygen atoms in total. The minimum atomic E-state index is -0.297. The van der Waals surface area contributed by atoms with Crippen LogP contribution in [0.4, 0.5) is 0 Å². The van der Waals surface area contributed by atoms with Crippen LogP contribution in [0.3, 0.4) is 0 Å². The van der Waals surface area contributed by atoms with E-state index < -0.39 is 0 Å². The monoisotopic (exact) mass is 280 g/mol. The molecule has 20 heavy (non-hydrogen) atoms. The Hall–Kier alpha value is -1.06. The molecule has 1 aliphatic carbocycles. The second-order valence-corrected chi connectivity index (χ2v) is 6.36. The number of carbonyl (C=O) groups excluding carboxylic acids is 2. The highest BCUT2D eigenvalue weighted by molar-refractivity contribution is 5.89. The van der Waals surface area contributed by atoms with Crippen molar-refractivity contribution in [2.75, 3.05) is 13.1 Å². The molecule has 1 heterocycles. The third-order valence-corrected chi connectivity index (χ3v) is 4.94. The van der Waals surface area contributed by atoms with Gasteiger partial charge in [0.15, 0.2) is 0 Å². The minimum absolute atomic E-state index is 0.0127. The van der Waals surface area contributed by atoms with Gasteiger partial charge in [0, 0.05) is 19.0 Å². The van der Waals surface area contributed by atoms with Crippen LogP contribution in [0, 0.1) is 11.8 Å². The van der Waals surface area contributed by atoms with E-state index in [1.165, 1.54) is 32.1 Å². The third-order valence-electron chi connectivity index (χ3n) is 4.94. The van der Waals surface area contributed by atoms with E-state index in [4.69, 9.17) is 0 Å². The summed E-state index contributed by atoms with van der Waals surface area (Å²) in [5.41, 5.74) is 0. The summed E-state index contributed by atoms with van der Waals surface area (Å²) in [6, 6.07) is -0.297. The number of unbranched alkanes of at least 4 members (excludes halogenated alkanes) is 1. The number of nitrogens with zero attached hydrogens (tertiary/aromatic N) is 1. The van der Waals surface area contributed by atoms with Gasteiger partial charge in [-0.05, 0) is 38.5 Å². The van der Waals surface area contributed by atoms with Crippen LogP contribution in [0.5, 0.6) is 0 Å². The zero-order valence-corrected chi connectivity index (χ0v) is 12.9. The number of hydrogen-bond donors (Lipinski definition) is 1. The summed E-state index contributed by atoms with van der Waals surface area (Å²) in [6.07, 6.45) is 8.29. The van der Waals surface area contributed by atoms with Gasteiger partial charge in [0.2, 0.25) is 11.8 Å². The van der Waals surface area contributed by atoms with E-state index in [0.717, 1.165) is 18.8 Å². The molecule has 1 unspecified atom stereocenters. The molecule has 1 saturated heterocycles. The predicted molar refractivity (Wildman–Crippen MR) is 79.2 cm³/mol. The Balaban J connectivity index is 1.83. The van der Waals surface area contributed by atoms with Gasteiger partial charge in [-0.1, -0.05) is 26.2 Å². The van der Waals surface area contributed by atoms with E-state index in [-0.39, 0.29) is 23.8 Å². The second-order valence-electron chi connectivity index (χ2n) is 6.36. The Morgan fingerprint density at radius 3 is 2.65 bits per heavy atom. The highest BCUT2D eigenvalue weighted by atomic mass is 16.2.